The number of anilines is 2. The average molecular weight is 837 g/mol. The van der Waals surface area contributed by atoms with Crippen molar-refractivity contribution in [3.8, 4) is 0 Å². The minimum absolute atomic E-state index is 0.0148. The van der Waals surface area contributed by atoms with Gasteiger partial charge >= 0.3 is 0 Å². The van der Waals surface area contributed by atoms with E-state index in [9.17, 15) is 36.7 Å². The quantitative estimate of drug-likeness (QED) is 0.164. The van der Waals surface area contributed by atoms with Crippen LogP contribution in [-0.2, 0) is 37.1 Å². The first-order valence-corrected chi connectivity index (χ1v) is 19.8. The van der Waals surface area contributed by atoms with Crippen LogP contribution in [0.25, 0.3) is 0 Å². The van der Waals surface area contributed by atoms with Crippen molar-refractivity contribution in [2.24, 2.45) is 11.8 Å². The van der Waals surface area contributed by atoms with Crippen LogP contribution in [0.2, 0.25) is 0 Å². The summed E-state index contributed by atoms with van der Waals surface area (Å²) in [6, 6.07) is 16.1. The third-order valence-electron chi connectivity index (χ3n) is 9.76. The van der Waals surface area contributed by atoms with Gasteiger partial charge in [-0.3, -0.25) is 19.2 Å². The fourth-order valence-electron chi connectivity index (χ4n) is 6.72. The van der Waals surface area contributed by atoms with E-state index in [1.54, 1.807) is 11.0 Å². The van der Waals surface area contributed by atoms with Crippen molar-refractivity contribution in [3.05, 3.63) is 144 Å². The lowest BCUT2D eigenvalue weighted by Gasteiger charge is -2.32. The highest BCUT2D eigenvalue weighted by Gasteiger charge is 2.24. The minimum atomic E-state index is -0.557. The Kier molecular flexibility index (Phi) is 18.2. The number of amides is 1. The summed E-state index contributed by atoms with van der Waals surface area (Å²) in [5.41, 5.74) is 12.0. The number of nitrogens with two attached hydrogens (primary N) is 2. The topological polar surface area (TPSA) is 200 Å². The van der Waals surface area contributed by atoms with E-state index in [1.165, 1.54) is 64.0 Å². The molecule has 0 radical (unpaired) electrons. The van der Waals surface area contributed by atoms with Crippen LogP contribution in [0.1, 0.15) is 56.4 Å². The summed E-state index contributed by atoms with van der Waals surface area (Å²) < 4.78 is 55.1. The third kappa shape index (κ3) is 15.9. The van der Waals surface area contributed by atoms with Crippen LogP contribution in [0.5, 0.6) is 0 Å². The number of halogens is 4. The molecule has 322 valence electrons. The third-order valence-corrected chi connectivity index (χ3v) is 9.76. The normalized spacial score (nSPS) is 14.1. The van der Waals surface area contributed by atoms with Crippen LogP contribution in [0.15, 0.2) is 87.2 Å². The van der Waals surface area contributed by atoms with Crippen molar-refractivity contribution in [1.82, 2.24) is 40.0 Å². The fraction of sp³-hybridized carbons (Fsp3) is 0.405. The van der Waals surface area contributed by atoms with E-state index < -0.39 is 23.3 Å². The number of carbonyl (C=O) groups excluding carboxylic acids is 1. The number of hydrogen-bond donors (Lipinski definition) is 4. The summed E-state index contributed by atoms with van der Waals surface area (Å²) in [5.74, 6) is -0.511. The zero-order valence-electron chi connectivity index (χ0n) is 33.8. The predicted molar refractivity (Wildman–Crippen MR) is 221 cm³/mol. The molecule has 0 aliphatic carbocycles. The monoisotopic (exact) mass is 836 g/mol. The minimum Gasteiger partial charge on any atom is -0.382 e. The number of benzene rings is 2. The molecular formula is C42H52F4N10O4. The molecular weight excluding hydrogens is 785 g/mol. The molecule has 18 heteroatoms. The van der Waals surface area contributed by atoms with Gasteiger partial charge in [0.15, 0.2) is 0 Å². The van der Waals surface area contributed by atoms with E-state index >= 15 is 0 Å². The zero-order chi connectivity index (χ0) is 43.6. The van der Waals surface area contributed by atoms with Gasteiger partial charge in [-0.2, -0.15) is 15.3 Å². The van der Waals surface area contributed by atoms with E-state index in [2.05, 4.69) is 25.7 Å². The van der Waals surface area contributed by atoms with E-state index in [0.717, 1.165) is 62.9 Å². The summed E-state index contributed by atoms with van der Waals surface area (Å²) in [4.78, 5) is 47.0. The number of carbonyl (C=O) groups is 1. The second kappa shape index (κ2) is 23.4. The number of nitrogens with zero attached hydrogens (tertiary/aromatic N) is 6. The van der Waals surface area contributed by atoms with Crippen molar-refractivity contribution >= 4 is 17.5 Å². The van der Waals surface area contributed by atoms with Crippen LogP contribution < -0.4 is 33.5 Å². The number of H-pyrrole nitrogens is 1. The van der Waals surface area contributed by atoms with Gasteiger partial charge in [0.1, 0.15) is 34.9 Å². The molecule has 3 aromatic heterocycles. The number of rotatable bonds is 8. The largest absolute Gasteiger partial charge is 0.382 e. The second-order valence-corrected chi connectivity index (χ2v) is 14.4. The van der Waals surface area contributed by atoms with Crippen LogP contribution in [0, 0.1) is 35.1 Å². The molecule has 0 spiro atoms. The predicted octanol–water partition coefficient (Wildman–Crippen LogP) is 4.27. The number of aromatic amines is 1. The van der Waals surface area contributed by atoms with E-state index in [4.69, 9.17) is 11.5 Å². The van der Waals surface area contributed by atoms with Crippen LogP contribution in [-0.4, -0.2) is 66.7 Å². The molecule has 0 unspecified atom stereocenters. The summed E-state index contributed by atoms with van der Waals surface area (Å²) in [6.45, 7) is 7.97. The number of aryl methyl sites for hydroxylation is 2. The Morgan fingerprint density at radius 3 is 1.62 bits per heavy atom. The number of aromatic nitrogens is 6. The molecule has 2 aliphatic heterocycles. The molecule has 5 aromatic rings. The first-order valence-electron chi connectivity index (χ1n) is 19.8. The maximum Gasteiger partial charge on any atom is 0.266 e. The lowest BCUT2D eigenvalue weighted by atomic mass is 9.90. The van der Waals surface area contributed by atoms with Crippen molar-refractivity contribution < 1.29 is 22.4 Å². The second-order valence-electron chi connectivity index (χ2n) is 14.4. The van der Waals surface area contributed by atoms with Gasteiger partial charge in [0.2, 0.25) is 5.91 Å². The van der Waals surface area contributed by atoms with Crippen molar-refractivity contribution in [2.75, 3.05) is 37.6 Å². The van der Waals surface area contributed by atoms with Crippen molar-refractivity contribution in [2.45, 2.75) is 71.9 Å². The number of nitrogen functional groups attached to an aromatic ring is 2. The Labute approximate surface area is 344 Å². The molecule has 2 saturated heterocycles. The number of piperidine rings is 2. The number of nitrogens with one attached hydrogen (secondary N) is 2. The summed E-state index contributed by atoms with van der Waals surface area (Å²) in [5, 5.41) is 16.8. The lowest BCUT2D eigenvalue weighted by Crippen LogP contribution is -2.40. The van der Waals surface area contributed by atoms with E-state index in [0.29, 0.717) is 67.3 Å². The summed E-state index contributed by atoms with van der Waals surface area (Å²) >= 11 is 0. The van der Waals surface area contributed by atoms with Gasteiger partial charge in [-0.05, 0) is 131 Å². The van der Waals surface area contributed by atoms with Gasteiger partial charge < -0.3 is 21.7 Å². The Bertz CT molecular complexity index is 2260. The fourth-order valence-corrected chi connectivity index (χ4v) is 6.72. The molecule has 2 aliphatic rings. The molecule has 7 rings (SSSR count). The van der Waals surface area contributed by atoms with Gasteiger partial charge in [0, 0.05) is 56.5 Å². The highest BCUT2D eigenvalue weighted by Crippen LogP contribution is 2.23. The molecule has 60 heavy (non-hydrogen) atoms. The molecule has 0 saturated carbocycles. The highest BCUT2D eigenvalue weighted by atomic mass is 19.1. The first kappa shape index (κ1) is 46.5. The smallest absolute Gasteiger partial charge is 0.266 e. The van der Waals surface area contributed by atoms with Crippen molar-refractivity contribution in [1.29, 1.82) is 0 Å². The summed E-state index contributed by atoms with van der Waals surface area (Å²) in [7, 11) is 0. The van der Waals surface area contributed by atoms with E-state index in [-0.39, 0.29) is 29.0 Å². The van der Waals surface area contributed by atoms with Crippen molar-refractivity contribution in [3.63, 3.8) is 0 Å². The Balaban J connectivity index is 0.000000200. The Morgan fingerprint density at radius 1 is 0.667 bits per heavy atom. The SMILES string of the molecule is CCn1nc(CC(=O)N2CCC(Cc3cc(F)cc(F)c3)CC2)ccc1=O.CCn1nc(N)ccc1=O.Fc1cc(F)cc(CC2CCNCC2)c1.Nc1ccc(=O)[nH]n1. The standard InChI is InChI=1S/C20H23F2N3O2.C12H15F2N.C6H9N3O.C4H5N3O/c1-2-25-19(26)4-3-18(23-25)13-20(27)24-7-5-14(6-8-24)9-15-10-16(21)12-17(22)11-15;13-11-6-10(7-12(14)8-11)5-9-1-3-15-4-2-9;1-2-9-6(10)4-3-5(7)8-9;5-3-1-2-4(8)7-6-3/h3-4,10-12,14H,2,5-9,13H2,1H3;6-9,15H,1-5H2;3-4H,2H2,1H3,(H2,7,8);1-2H,(H2,5,6)(H,7,8). The zero-order valence-corrected chi connectivity index (χ0v) is 33.8. The van der Waals surface area contributed by atoms with Gasteiger partial charge in [0.05, 0.1) is 12.1 Å². The van der Waals surface area contributed by atoms with Gasteiger partial charge in [-0.25, -0.2) is 32.0 Å². The molecule has 1 amide bonds. The molecule has 0 atom stereocenters. The van der Waals surface area contributed by atoms with Gasteiger partial charge in [-0.15, -0.1) is 0 Å². The van der Waals surface area contributed by atoms with Crippen LogP contribution >= 0.6 is 0 Å². The maximum atomic E-state index is 13.3. The number of hydrogen-bond acceptors (Lipinski definition) is 10. The van der Waals surface area contributed by atoms with Crippen LogP contribution in [0.4, 0.5) is 29.2 Å². The molecule has 2 fully saturated rings. The first-order chi connectivity index (χ1) is 28.7. The van der Waals surface area contributed by atoms with Crippen LogP contribution in [0.3, 0.4) is 0 Å². The Hall–Kier alpha value is -6.17. The number of likely N-dealkylation sites (tertiary alicyclic amines) is 1. The molecule has 0 bridgehead atoms. The lowest BCUT2D eigenvalue weighted by molar-refractivity contribution is -0.131. The average Bonchev–Trinajstić information content (AvgIpc) is 3.21. The molecule has 2 aromatic carbocycles. The maximum absolute atomic E-state index is 13.3. The Morgan fingerprint density at radius 2 is 1.15 bits per heavy atom. The summed E-state index contributed by atoms with van der Waals surface area (Å²) in [6.07, 6.45) is 5.35. The van der Waals surface area contributed by atoms with E-state index in [1.807, 2.05) is 13.8 Å². The molecule has 6 N–H and O–H groups in total. The molecule has 14 nitrogen and oxygen atoms in total. The molecule has 5 heterocycles. The van der Waals surface area contributed by atoms with Gasteiger partial charge in [0.25, 0.3) is 16.7 Å². The highest BCUT2D eigenvalue weighted by molar-refractivity contribution is 5.78. The van der Waals surface area contributed by atoms with Gasteiger partial charge in [-0.1, -0.05) is 0 Å².